The zero-order valence-corrected chi connectivity index (χ0v) is 15.0. The minimum Gasteiger partial charge on any atom is -0.444 e. The van der Waals surface area contributed by atoms with E-state index in [1.165, 1.54) is 0 Å². The molecule has 0 radical (unpaired) electrons. The van der Waals surface area contributed by atoms with Crippen LogP contribution in [0.15, 0.2) is 18.2 Å². The van der Waals surface area contributed by atoms with Crippen molar-refractivity contribution >= 4 is 29.3 Å². The van der Waals surface area contributed by atoms with Crippen LogP contribution in [-0.4, -0.2) is 41.6 Å². The number of nitrogens with zero attached hydrogens (tertiary/aromatic N) is 1. The molecule has 6 nitrogen and oxygen atoms in total. The summed E-state index contributed by atoms with van der Waals surface area (Å²) in [6.45, 7) is 6.78. The van der Waals surface area contributed by atoms with E-state index in [1.54, 1.807) is 23.1 Å². The van der Waals surface area contributed by atoms with Gasteiger partial charge in [0, 0.05) is 24.7 Å². The summed E-state index contributed by atoms with van der Waals surface area (Å²) in [6.07, 6.45) is 1.27. The van der Waals surface area contributed by atoms with Crippen molar-refractivity contribution in [3.05, 3.63) is 28.8 Å². The van der Waals surface area contributed by atoms with Gasteiger partial charge in [0.25, 0.3) is 0 Å². The van der Waals surface area contributed by atoms with Crippen molar-refractivity contribution in [3.63, 3.8) is 0 Å². The number of primary amides is 1. The fourth-order valence-electron chi connectivity index (χ4n) is 2.54. The van der Waals surface area contributed by atoms with E-state index in [1.807, 2.05) is 20.8 Å². The average molecular weight is 354 g/mol. The predicted molar refractivity (Wildman–Crippen MR) is 94.4 cm³/mol. The third kappa shape index (κ3) is 5.03. The Kier molecular flexibility index (Phi) is 5.59. The van der Waals surface area contributed by atoms with Gasteiger partial charge in [0.2, 0.25) is 5.91 Å². The van der Waals surface area contributed by atoms with Crippen LogP contribution in [0.25, 0.3) is 0 Å². The number of nitrogens with two attached hydrogens (primary N) is 1. The van der Waals surface area contributed by atoms with Crippen LogP contribution < -0.4 is 11.1 Å². The summed E-state index contributed by atoms with van der Waals surface area (Å²) < 4.78 is 5.39. The van der Waals surface area contributed by atoms with Crippen LogP contribution in [0.1, 0.15) is 44.0 Å². The molecule has 1 aliphatic rings. The molecule has 0 aliphatic carbocycles. The maximum Gasteiger partial charge on any atom is 0.410 e. The first-order valence-electron chi connectivity index (χ1n) is 7.99. The van der Waals surface area contributed by atoms with E-state index in [0.29, 0.717) is 29.4 Å². The Hall–Kier alpha value is -1.95. The molecule has 0 atom stereocenters. The maximum atomic E-state index is 12.1. The Bertz CT molecular complexity index is 620. The minimum absolute atomic E-state index is 0.171. The molecule has 0 spiro atoms. The molecule has 1 fully saturated rings. The first-order chi connectivity index (χ1) is 11.2. The Morgan fingerprint density at radius 1 is 1.29 bits per heavy atom. The molecule has 3 N–H and O–H groups in total. The quantitative estimate of drug-likeness (QED) is 0.873. The van der Waals surface area contributed by atoms with Crippen molar-refractivity contribution in [1.29, 1.82) is 0 Å². The number of piperidine rings is 1. The molecule has 0 aromatic heterocycles. The van der Waals surface area contributed by atoms with Crippen LogP contribution in [0.3, 0.4) is 0 Å². The van der Waals surface area contributed by atoms with Crippen molar-refractivity contribution in [2.24, 2.45) is 5.73 Å². The molecule has 0 unspecified atom stereocenters. The van der Waals surface area contributed by atoms with Crippen LogP contribution in [0, 0.1) is 0 Å². The fourth-order valence-corrected chi connectivity index (χ4v) is 2.71. The highest BCUT2D eigenvalue weighted by molar-refractivity contribution is 6.33. The number of hydrogen-bond donors (Lipinski definition) is 2. The average Bonchev–Trinajstić information content (AvgIpc) is 2.48. The summed E-state index contributed by atoms with van der Waals surface area (Å²) in [5.74, 6) is -0.491. The lowest BCUT2D eigenvalue weighted by Crippen LogP contribution is -2.44. The van der Waals surface area contributed by atoms with E-state index in [9.17, 15) is 9.59 Å². The van der Waals surface area contributed by atoms with Crippen LogP contribution in [-0.2, 0) is 4.74 Å². The highest BCUT2D eigenvalue weighted by Gasteiger charge is 2.27. The molecule has 2 rings (SSSR count). The van der Waals surface area contributed by atoms with Crippen molar-refractivity contribution in [1.82, 2.24) is 4.90 Å². The van der Waals surface area contributed by atoms with Crippen LogP contribution in [0.5, 0.6) is 0 Å². The number of carbonyl (C=O) groups excluding carboxylic acids is 2. The molecule has 1 aromatic rings. The Balaban J connectivity index is 1.93. The summed E-state index contributed by atoms with van der Waals surface area (Å²) in [4.78, 5) is 25.1. The van der Waals surface area contributed by atoms with Crippen LogP contribution in [0.2, 0.25) is 5.02 Å². The van der Waals surface area contributed by atoms with E-state index < -0.39 is 11.5 Å². The third-order valence-electron chi connectivity index (χ3n) is 3.76. The predicted octanol–water partition coefficient (Wildman–Crippen LogP) is 3.25. The van der Waals surface area contributed by atoms with E-state index >= 15 is 0 Å². The van der Waals surface area contributed by atoms with Gasteiger partial charge in [0.1, 0.15) is 5.60 Å². The van der Waals surface area contributed by atoms with Gasteiger partial charge >= 0.3 is 6.09 Å². The molecule has 2 amide bonds. The third-order valence-corrected chi connectivity index (χ3v) is 4.09. The molecule has 1 aromatic carbocycles. The van der Waals surface area contributed by atoms with Crippen molar-refractivity contribution in [3.8, 4) is 0 Å². The molecule has 1 aliphatic heterocycles. The van der Waals surface area contributed by atoms with Gasteiger partial charge in [-0.1, -0.05) is 11.6 Å². The summed E-state index contributed by atoms with van der Waals surface area (Å²) in [5.41, 5.74) is 5.90. The number of nitrogens with one attached hydrogen (secondary N) is 1. The highest BCUT2D eigenvalue weighted by atomic mass is 35.5. The first-order valence-corrected chi connectivity index (χ1v) is 8.37. The lowest BCUT2D eigenvalue weighted by Gasteiger charge is -2.34. The van der Waals surface area contributed by atoms with Gasteiger partial charge in [-0.15, -0.1) is 0 Å². The monoisotopic (exact) mass is 353 g/mol. The van der Waals surface area contributed by atoms with Gasteiger partial charge < -0.3 is 20.7 Å². The number of halogens is 1. The lowest BCUT2D eigenvalue weighted by molar-refractivity contribution is 0.0210. The Morgan fingerprint density at radius 2 is 1.92 bits per heavy atom. The molecule has 0 bridgehead atoms. The van der Waals surface area contributed by atoms with Gasteiger partial charge in [-0.3, -0.25) is 4.79 Å². The fraction of sp³-hybridized carbons (Fsp3) is 0.529. The van der Waals surface area contributed by atoms with Crippen LogP contribution >= 0.6 is 11.6 Å². The van der Waals surface area contributed by atoms with Crippen molar-refractivity contribution in [2.45, 2.75) is 45.3 Å². The topological polar surface area (TPSA) is 84.7 Å². The van der Waals surface area contributed by atoms with E-state index in [2.05, 4.69) is 5.32 Å². The second-order valence-electron chi connectivity index (χ2n) is 6.94. The molecule has 1 saturated heterocycles. The van der Waals surface area contributed by atoms with E-state index in [-0.39, 0.29) is 12.1 Å². The summed E-state index contributed by atoms with van der Waals surface area (Å²) >= 11 is 6.17. The lowest BCUT2D eigenvalue weighted by atomic mass is 10.0. The van der Waals surface area contributed by atoms with E-state index in [4.69, 9.17) is 22.1 Å². The Labute approximate surface area is 147 Å². The largest absolute Gasteiger partial charge is 0.444 e. The highest BCUT2D eigenvalue weighted by Crippen LogP contribution is 2.26. The molecule has 7 heteroatoms. The van der Waals surface area contributed by atoms with Gasteiger partial charge in [-0.05, 0) is 51.8 Å². The SMILES string of the molecule is CC(C)(C)OC(=O)N1CCC(Nc2cc(C(N)=O)ccc2Cl)CC1. The Morgan fingerprint density at radius 3 is 2.46 bits per heavy atom. The maximum absolute atomic E-state index is 12.1. The van der Waals surface area contributed by atoms with Crippen molar-refractivity contribution in [2.75, 3.05) is 18.4 Å². The minimum atomic E-state index is -0.491. The van der Waals surface area contributed by atoms with Gasteiger partial charge in [-0.2, -0.15) is 0 Å². The zero-order chi connectivity index (χ0) is 17.9. The summed E-state index contributed by atoms with van der Waals surface area (Å²) in [6, 6.07) is 5.08. The molecule has 24 heavy (non-hydrogen) atoms. The summed E-state index contributed by atoms with van der Waals surface area (Å²) in [7, 11) is 0. The van der Waals surface area contributed by atoms with Gasteiger partial charge in [0.15, 0.2) is 0 Å². The standard InChI is InChI=1S/C17H24ClN3O3/c1-17(2,3)24-16(23)21-8-6-12(7-9-21)20-14-10-11(15(19)22)4-5-13(14)18/h4-5,10,12,20H,6-9H2,1-3H3,(H2,19,22). The second-order valence-corrected chi connectivity index (χ2v) is 7.35. The van der Waals surface area contributed by atoms with Gasteiger partial charge in [0.05, 0.1) is 10.7 Å². The van der Waals surface area contributed by atoms with Crippen molar-refractivity contribution < 1.29 is 14.3 Å². The number of benzene rings is 1. The normalized spacial score (nSPS) is 15.9. The molecule has 1 heterocycles. The molecule has 0 saturated carbocycles. The smallest absolute Gasteiger partial charge is 0.410 e. The molecule has 132 valence electrons. The summed E-state index contributed by atoms with van der Waals surface area (Å²) in [5, 5.41) is 3.87. The molecular formula is C17H24ClN3O3. The first kappa shape index (κ1) is 18.4. The number of likely N-dealkylation sites (tertiary alicyclic amines) is 1. The number of hydrogen-bond acceptors (Lipinski definition) is 4. The number of anilines is 1. The number of amides is 2. The van der Waals surface area contributed by atoms with Gasteiger partial charge in [-0.25, -0.2) is 4.79 Å². The molecular weight excluding hydrogens is 330 g/mol. The number of rotatable bonds is 3. The van der Waals surface area contributed by atoms with Crippen LogP contribution in [0.4, 0.5) is 10.5 Å². The second kappa shape index (κ2) is 7.30. The van der Waals surface area contributed by atoms with E-state index in [0.717, 1.165) is 12.8 Å². The zero-order valence-electron chi connectivity index (χ0n) is 14.3. The number of ether oxygens (including phenoxy) is 1. The number of carbonyl (C=O) groups is 2.